The Hall–Kier alpha value is -4.75. The first-order chi connectivity index (χ1) is 23.0. The van der Waals surface area contributed by atoms with Crippen molar-refractivity contribution in [2.24, 2.45) is 29.6 Å². The summed E-state index contributed by atoms with van der Waals surface area (Å²) in [5, 5.41) is 49.5. The molecule has 3 aromatic carbocycles. The van der Waals surface area contributed by atoms with Crippen molar-refractivity contribution in [3.63, 3.8) is 0 Å². The van der Waals surface area contributed by atoms with E-state index in [1.165, 1.54) is 42.5 Å². The van der Waals surface area contributed by atoms with E-state index in [-0.39, 0.29) is 53.2 Å². The van der Waals surface area contributed by atoms with E-state index in [4.69, 9.17) is 4.74 Å². The lowest BCUT2D eigenvalue weighted by atomic mass is 9.57. The Kier molecular flexibility index (Phi) is 7.99. The average molecular weight is 650 g/mol. The molecule has 2 saturated heterocycles. The third-order valence-electron chi connectivity index (χ3n) is 10.1. The Morgan fingerprint density at radius 3 is 1.90 bits per heavy atom. The van der Waals surface area contributed by atoms with Crippen molar-refractivity contribution in [3.8, 4) is 11.5 Å². The molecule has 7 rings (SSSR count). The maximum absolute atomic E-state index is 14.3. The molecule has 2 heterocycles. The van der Waals surface area contributed by atoms with Crippen molar-refractivity contribution in [1.29, 1.82) is 0 Å². The van der Waals surface area contributed by atoms with Crippen molar-refractivity contribution in [3.05, 3.63) is 83.9 Å². The molecule has 4 aliphatic rings. The molecule has 0 bridgehead atoms. The van der Waals surface area contributed by atoms with Gasteiger partial charge in [0.2, 0.25) is 23.6 Å². The second kappa shape index (κ2) is 12.0. The standard InChI is InChI=1S/C34H32B2N2O10/c1-2-48-27-13-17(9-12-26(27)39)28-22-10-11-23-29(33(42)37(31(23)40)20-7-3-5-18(14-20)35(44)45)24(22)16-25-30(28)34(43)38(32(25)41)21-8-4-6-19(15-21)36(46)47/h3-10,12-15,23-25,28-30,39,44-47H,2,11,16H2,1H3/t23-,24+,25+,28-,29-,30+/m0/s1. The van der Waals surface area contributed by atoms with Gasteiger partial charge in [-0.05, 0) is 78.6 Å². The molecule has 48 heavy (non-hydrogen) atoms. The molecule has 4 amide bonds. The lowest BCUT2D eigenvalue weighted by Gasteiger charge is -2.44. The van der Waals surface area contributed by atoms with Gasteiger partial charge in [0.25, 0.3) is 0 Å². The Bertz CT molecular complexity index is 1880. The highest BCUT2D eigenvalue weighted by atomic mass is 16.5. The average Bonchev–Trinajstić information content (AvgIpc) is 3.48. The number of nitrogens with zero attached hydrogens (tertiary/aromatic N) is 2. The van der Waals surface area contributed by atoms with Gasteiger partial charge in [0.15, 0.2) is 11.5 Å². The van der Waals surface area contributed by atoms with E-state index in [0.29, 0.717) is 5.56 Å². The number of phenolic OH excluding ortho intramolecular Hbond substituents is 1. The van der Waals surface area contributed by atoms with Gasteiger partial charge in [-0.1, -0.05) is 42.0 Å². The molecule has 244 valence electrons. The van der Waals surface area contributed by atoms with E-state index >= 15 is 0 Å². The lowest BCUT2D eigenvalue weighted by Crippen LogP contribution is -2.43. The van der Waals surface area contributed by atoms with E-state index in [0.717, 1.165) is 15.4 Å². The third kappa shape index (κ3) is 4.95. The van der Waals surface area contributed by atoms with Crippen molar-refractivity contribution in [2.75, 3.05) is 16.4 Å². The predicted octanol–water partition coefficient (Wildman–Crippen LogP) is 0.196. The number of carbonyl (C=O) groups excluding carboxylic acids is 4. The van der Waals surface area contributed by atoms with Crippen molar-refractivity contribution < 1.29 is 49.1 Å². The maximum Gasteiger partial charge on any atom is 0.488 e. The van der Waals surface area contributed by atoms with Crippen LogP contribution in [0.25, 0.3) is 0 Å². The number of imide groups is 2. The summed E-state index contributed by atoms with van der Waals surface area (Å²) in [6.07, 6.45) is 2.23. The molecule has 2 aliphatic heterocycles. The first kappa shape index (κ1) is 31.8. The number of rotatable bonds is 7. The summed E-state index contributed by atoms with van der Waals surface area (Å²) in [6.45, 7) is 2.03. The van der Waals surface area contributed by atoms with Gasteiger partial charge in [0.05, 0.1) is 41.7 Å². The van der Waals surface area contributed by atoms with Crippen LogP contribution < -0.4 is 25.5 Å². The fourth-order valence-electron chi connectivity index (χ4n) is 8.12. The molecule has 0 aromatic heterocycles. The highest BCUT2D eigenvalue weighted by Gasteiger charge is 2.62. The summed E-state index contributed by atoms with van der Waals surface area (Å²) < 4.78 is 5.66. The molecule has 0 spiro atoms. The number of allylic oxidation sites excluding steroid dienone is 2. The van der Waals surface area contributed by atoms with Crippen LogP contribution in [0.1, 0.15) is 31.2 Å². The number of hydrogen-bond acceptors (Lipinski definition) is 10. The van der Waals surface area contributed by atoms with Gasteiger partial charge in [-0.2, -0.15) is 0 Å². The van der Waals surface area contributed by atoms with Crippen LogP contribution in [0, 0.1) is 29.6 Å². The predicted molar refractivity (Wildman–Crippen MR) is 174 cm³/mol. The molecule has 0 unspecified atom stereocenters. The van der Waals surface area contributed by atoms with Gasteiger partial charge in [0.1, 0.15) is 0 Å². The third-order valence-corrected chi connectivity index (χ3v) is 10.1. The Labute approximate surface area is 276 Å². The second-order valence-corrected chi connectivity index (χ2v) is 12.6. The largest absolute Gasteiger partial charge is 0.504 e. The summed E-state index contributed by atoms with van der Waals surface area (Å²) in [5.74, 6) is -6.39. The topological polar surface area (TPSA) is 185 Å². The zero-order valence-corrected chi connectivity index (χ0v) is 25.8. The van der Waals surface area contributed by atoms with E-state index in [9.17, 15) is 44.4 Å². The van der Waals surface area contributed by atoms with Crippen molar-refractivity contribution in [2.45, 2.75) is 25.7 Å². The number of aromatic hydroxyl groups is 1. The summed E-state index contributed by atoms with van der Waals surface area (Å²) in [5.41, 5.74) is 1.96. The highest BCUT2D eigenvalue weighted by molar-refractivity contribution is 6.59. The summed E-state index contributed by atoms with van der Waals surface area (Å²) in [4.78, 5) is 58.7. The smallest absolute Gasteiger partial charge is 0.488 e. The van der Waals surface area contributed by atoms with Crippen LogP contribution in [-0.2, 0) is 19.2 Å². The fourth-order valence-corrected chi connectivity index (χ4v) is 8.12. The maximum atomic E-state index is 14.3. The number of amides is 4. The summed E-state index contributed by atoms with van der Waals surface area (Å²) in [6, 6.07) is 16.6. The van der Waals surface area contributed by atoms with Crippen LogP contribution in [0.5, 0.6) is 11.5 Å². The van der Waals surface area contributed by atoms with Gasteiger partial charge in [0, 0.05) is 5.92 Å². The van der Waals surface area contributed by atoms with Crippen LogP contribution >= 0.6 is 0 Å². The van der Waals surface area contributed by atoms with Gasteiger partial charge in [-0.15, -0.1) is 0 Å². The number of ether oxygens (including phenoxy) is 1. The normalized spacial score (nSPS) is 26.2. The Morgan fingerprint density at radius 2 is 1.31 bits per heavy atom. The zero-order valence-electron chi connectivity index (χ0n) is 25.8. The van der Waals surface area contributed by atoms with Gasteiger partial charge in [-0.3, -0.25) is 29.0 Å². The molecule has 0 radical (unpaired) electrons. The SMILES string of the molecule is CCOc1cc([C@H]2C3=CC[C@@H]4C(=O)N(c5cccc(B(O)O)c5)C(=O)[C@@H]4[C@@H]3C[C@H]3C(=O)N(c4cccc(B(O)O)c4)C(=O)[C@@H]23)ccc1O. The molecule has 1 saturated carbocycles. The van der Waals surface area contributed by atoms with E-state index in [2.05, 4.69) is 0 Å². The zero-order chi connectivity index (χ0) is 34.0. The molecular weight excluding hydrogens is 618 g/mol. The first-order valence-electron chi connectivity index (χ1n) is 15.8. The number of fused-ring (bicyclic) bond motifs is 4. The lowest BCUT2D eigenvalue weighted by molar-refractivity contribution is -0.126. The highest BCUT2D eigenvalue weighted by Crippen LogP contribution is 2.58. The summed E-state index contributed by atoms with van der Waals surface area (Å²) >= 11 is 0. The van der Waals surface area contributed by atoms with Crippen LogP contribution in [0.3, 0.4) is 0 Å². The number of hydrogen-bond donors (Lipinski definition) is 5. The van der Waals surface area contributed by atoms with Gasteiger partial charge < -0.3 is 29.9 Å². The molecule has 2 aliphatic carbocycles. The molecule has 5 N–H and O–H groups in total. The Morgan fingerprint density at radius 1 is 0.729 bits per heavy atom. The van der Waals surface area contributed by atoms with Gasteiger partial charge in [-0.25, -0.2) is 0 Å². The van der Waals surface area contributed by atoms with E-state index < -0.39 is 73.4 Å². The van der Waals surface area contributed by atoms with Crippen molar-refractivity contribution >= 4 is 60.2 Å². The minimum atomic E-state index is -1.82. The minimum absolute atomic E-state index is 0.0977. The molecular formula is C34H32B2N2O10. The Balaban J connectivity index is 1.33. The monoisotopic (exact) mass is 650 g/mol. The van der Waals surface area contributed by atoms with Crippen LogP contribution in [0.15, 0.2) is 78.4 Å². The number of anilines is 2. The van der Waals surface area contributed by atoms with E-state index in [1.54, 1.807) is 31.2 Å². The van der Waals surface area contributed by atoms with Crippen LogP contribution in [-0.4, -0.2) is 69.7 Å². The second-order valence-electron chi connectivity index (χ2n) is 12.6. The van der Waals surface area contributed by atoms with Crippen LogP contribution in [0.2, 0.25) is 0 Å². The van der Waals surface area contributed by atoms with Gasteiger partial charge >= 0.3 is 14.2 Å². The molecule has 3 aromatic rings. The van der Waals surface area contributed by atoms with Crippen molar-refractivity contribution in [1.82, 2.24) is 0 Å². The molecule has 6 atom stereocenters. The van der Waals surface area contributed by atoms with E-state index in [1.807, 2.05) is 6.08 Å². The fraction of sp³-hybridized carbons (Fsp3) is 0.294. The molecule has 14 heteroatoms. The number of benzene rings is 3. The number of carbonyl (C=O) groups is 4. The number of phenols is 1. The molecule has 12 nitrogen and oxygen atoms in total. The summed E-state index contributed by atoms with van der Waals surface area (Å²) in [7, 11) is -3.62. The van der Waals surface area contributed by atoms with Crippen LogP contribution in [0.4, 0.5) is 11.4 Å². The molecule has 3 fully saturated rings. The first-order valence-corrected chi connectivity index (χ1v) is 15.8. The minimum Gasteiger partial charge on any atom is -0.504 e. The quantitative estimate of drug-likeness (QED) is 0.134.